The van der Waals surface area contributed by atoms with Gasteiger partial charge in [-0.15, -0.1) is 0 Å². The van der Waals surface area contributed by atoms with Gasteiger partial charge >= 0.3 is 0 Å². The van der Waals surface area contributed by atoms with Gasteiger partial charge < -0.3 is 20.3 Å². The lowest BCUT2D eigenvalue weighted by Crippen LogP contribution is -2.54. The third kappa shape index (κ3) is 2.94. The first-order valence-corrected chi connectivity index (χ1v) is 6.34. The number of hydrogen-bond donors (Lipinski definition) is 1. The zero-order valence-corrected chi connectivity index (χ0v) is 10.6. The molecule has 0 aromatic rings. The standard InChI is InChI=1S/C12H25N3O/c1-14-6-3-4-11(8-14)15(2)9-12(13)5-7-16-10-12/h11H,3-10,13H2,1-2H3. The molecule has 4 heteroatoms. The molecule has 2 atom stereocenters. The predicted molar refractivity (Wildman–Crippen MR) is 65.5 cm³/mol. The Morgan fingerprint density at radius 2 is 2.38 bits per heavy atom. The summed E-state index contributed by atoms with van der Waals surface area (Å²) in [5, 5.41) is 0. The minimum atomic E-state index is -0.106. The summed E-state index contributed by atoms with van der Waals surface area (Å²) in [7, 11) is 4.41. The van der Waals surface area contributed by atoms with Crippen LogP contribution in [-0.2, 0) is 4.74 Å². The Bertz CT molecular complexity index is 228. The number of hydrogen-bond acceptors (Lipinski definition) is 4. The number of likely N-dealkylation sites (tertiary alicyclic amines) is 1. The summed E-state index contributed by atoms with van der Waals surface area (Å²) in [5.74, 6) is 0. The monoisotopic (exact) mass is 227 g/mol. The van der Waals surface area contributed by atoms with E-state index >= 15 is 0 Å². The molecule has 0 radical (unpaired) electrons. The van der Waals surface area contributed by atoms with Crippen molar-refractivity contribution in [2.45, 2.75) is 30.8 Å². The second kappa shape index (κ2) is 5.00. The van der Waals surface area contributed by atoms with Gasteiger partial charge in [0.1, 0.15) is 0 Å². The van der Waals surface area contributed by atoms with E-state index in [1.54, 1.807) is 0 Å². The summed E-state index contributed by atoms with van der Waals surface area (Å²) < 4.78 is 5.41. The zero-order valence-electron chi connectivity index (χ0n) is 10.6. The summed E-state index contributed by atoms with van der Waals surface area (Å²) in [4.78, 5) is 4.85. The summed E-state index contributed by atoms with van der Waals surface area (Å²) in [6.45, 7) is 4.93. The quantitative estimate of drug-likeness (QED) is 0.744. The third-order valence-corrected chi connectivity index (χ3v) is 3.92. The maximum Gasteiger partial charge on any atom is 0.0659 e. The maximum absolute atomic E-state index is 6.32. The van der Waals surface area contributed by atoms with E-state index in [0.717, 1.165) is 26.2 Å². The molecule has 2 rings (SSSR count). The Kier molecular flexibility index (Phi) is 3.85. The number of rotatable bonds is 3. The summed E-state index contributed by atoms with van der Waals surface area (Å²) in [6, 6.07) is 0.666. The lowest BCUT2D eigenvalue weighted by atomic mass is 9.97. The summed E-state index contributed by atoms with van der Waals surface area (Å²) in [5.41, 5.74) is 6.21. The molecule has 0 spiro atoms. The normalized spacial score (nSPS) is 37.1. The number of piperidine rings is 1. The third-order valence-electron chi connectivity index (χ3n) is 3.92. The molecule has 0 aliphatic carbocycles. The first-order chi connectivity index (χ1) is 7.59. The van der Waals surface area contributed by atoms with Gasteiger partial charge in [0.05, 0.1) is 12.1 Å². The Morgan fingerprint density at radius 3 is 3.00 bits per heavy atom. The molecule has 2 fully saturated rings. The van der Waals surface area contributed by atoms with Gasteiger partial charge in [0.15, 0.2) is 0 Å². The van der Waals surface area contributed by atoms with E-state index in [1.807, 2.05) is 0 Å². The molecular formula is C12H25N3O. The minimum Gasteiger partial charge on any atom is -0.379 e. The Morgan fingerprint density at radius 1 is 1.56 bits per heavy atom. The highest BCUT2D eigenvalue weighted by Gasteiger charge is 2.33. The van der Waals surface area contributed by atoms with Crippen LogP contribution in [-0.4, -0.2) is 68.3 Å². The second-order valence-corrected chi connectivity index (χ2v) is 5.64. The molecule has 0 aromatic carbocycles. The van der Waals surface area contributed by atoms with E-state index in [9.17, 15) is 0 Å². The molecular weight excluding hydrogens is 202 g/mol. The molecule has 0 aromatic heterocycles. The highest BCUT2D eigenvalue weighted by Crippen LogP contribution is 2.20. The van der Waals surface area contributed by atoms with Crippen molar-refractivity contribution < 1.29 is 4.74 Å². The van der Waals surface area contributed by atoms with Crippen molar-refractivity contribution in [1.82, 2.24) is 9.80 Å². The van der Waals surface area contributed by atoms with Crippen molar-refractivity contribution in [3.63, 3.8) is 0 Å². The number of nitrogens with zero attached hydrogens (tertiary/aromatic N) is 2. The van der Waals surface area contributed by atoms with Crippen LogP contribution < -0.4 is 5.73 Å². The van der Waals surface area contributed by atoms with E-state index in [1.165, 1.54) is 25.9 Å². The topological polar surface area (TPSA) is 41.7 Å². The van der Waals surface area contributed by atoms with Gasteiger partial charge in [-0.3, -0.25) is 0 Å². The molecule has 0 saturated carbocycles. The first-order valence-electron chi connectivity index (χ1n) is 6.34. The lowest BCUT2D eigenvalue weighted by molar-refractivity contribution is 0.103. The van der Waals surface area contributed by atoms with Crippen molar-refractivity contribution in [3.05, 3.63) is 0 Å². The van der Waals surface area contributed by atoms with Gasteiger partial charge in [0, 0.05) is 25.7 Å². The van der Waals surface area contributed by atoms with Gasteiger partial charge in [-0.1, -0.05) is 0 Å². The maximum atomic E-state index is 6.32. The zero-order chi connectivity index (χ0) is 11.6. The molecule has 2 aliphatic heterocycles. The van der Waals surface area contributed by atoms with Crippen molar-refractivity contribution in [2.24, 2.45) is 5.73 Å². The molecule has 2 unspecified atom stereocenters. The van der Waals surface area contributed by atoms with E-state index in [4.69, 9.17) is 10.5 Å². The lowest BCUT2D eigenvalue weighted by Gasteiger charge is -2.39. The van der Waals surface area contributed by atoms with E-state index < -0.39 is 0 Å². The van der Waals surface area contributed by atoms with E-state index in [-0.39, 0.29) is 5.54 Å². The van der Waals surface area contributed by atoms with Gasteiger partial charge in [-0.2, -0.15) is 0 Å². The summed E-state index contributed by atoms with van der Waals surface area (Å²) in [6.07, 6.45) is 3.61. The van der Waals surface area contributed by atoms with Gasteiger partial charge in [0.25, 0.3) is 0 Å². The van der Waals surface area contributed by atoms with Crippen LogP contribution >= 0.6 is 0 Å². The summed E-state index contributed by atoms with van der Waals surface area (Å²) >= 11 is 0. The Labute approximate surface area is 98.7 Å². The molecule has 2 saturated heterocycles. The van der Waals surface area contributed by atoms with Crippen molar-refractivity contribution in [3.8, 4) is 0 Å². The first kappa shape index (κ1) is 12.3. The van der Waals surface area contributed by atoms with Crippen LogP contribution in [0.4, 0.5) is 0 Å². The fourth-order valence-electron chi connectivity index (χ4n) is 2.87. The smallest absolute Gasteiger partial charge is 0.0659 e. The van der Waals surface area contributed by atoms with Gasteiger partial charge in [-0.25, -0.2) is 0 Å². The highest BCUT2D eigenvalue weighted by atomic mass is 16.5. The van der Waals surface area contributed by atoms with Crippen LogP contribution in [0.5, 0.6) is 0 Å². The molecule has 16 heavy (non-hydrogen) atoms. The number of nitrogens with two attached hydrogens (primary N) is 1. The van der Waals surface area contributed by atoms with Crippen LogP contribution in [0, 0.1) is 0 Å². The largest absolute Gasteiger partial charge is 0.379 e. The van der Waals surface area contributed by atoms with Crippen LogP contribution in [0.2, 0.25) is 0 Å². The number of likely N-dealkylation sites (N-methyl/N-ethyl adjacent to an activating group) is 2. The van der Waals surface area contributed by atoms with Gasteiger partial charge in [-0.05, 0) is 39.9 Å². The fraction of sp³-hybridized carbons (Fsp3) is 1.00. The molecule has 4 nitrogen and oxygen atoms in total. The van der Waals surface area contributed by atoms with Gasteiger partial charge in [0.2, 0.25) is 0 Å². The van der Waals surface area contributed by atoms with Crippen molar-refractivity contribution >= 4 is 0 Å². The Balaban J connectivity index is 1.84. The molecule has 94 valence electrons. The molecule has 2 N–H and O–H groups in total. The average molecular weight is 227 g/mol. The minimum absolute atomic E-state index is 0.106. The van der Waals surface area contributed by atoms with Crippen molar-refractivity contribution in [2.75, 3.05) is 46.9 Å². The van der Waals surface area contributed by atoms with Crippen LogP contribution in [0.3, 0.4) is 0 Å². The Hall–Kier alpha value is -0.160. The average Bonchev–Trinajstić information content (AvgIpc) is 2.65. The van der Waals surface area contributed by atoms with Crippen LogP contribution in [0.25, 0.3) is 0 Å². The predicted octanol–water partition coefficient (Wildman–Crippen LogP) is 0.130. The molecule has 0 amide bonds. The highest BCUT2D eigenvalue weighted by molar-refractivity contribution is 4.92. The second-order valence-electron chi connectivity index (χ2n) is 5.64. The van der Waals surface area contributed by atoms with Crippen molar-refractivity contribution in [1.29, 1.82) is 0 Å². The molecule has 2 aliphatic rings. The van der Waals surface area contributed by atoms with E-state index in [2.05, 4.69) is 23.9 Å². The number of ether oxygens (including phenoxy) is 1. The molecule has 0 bridgehead atoms. The van der Waals surface area contributed by atoms with Crippen LogP contribution in [0.15, 0.2) is 0 Å². The SMILES string of the molecule is CN1CCCC(N(C)CC2(N)CCOC2)C1. The molecule has 2 heterocycles. The fourth-order valence-corrected chi connectivity index (χ4v) is 2.87. The van der Waals surface area contributed by atoms with Crippen LogP contribution in [0.1, 0.15) is 19.3 Å². The van der Waals surface area contributed by atoms with E-state index in [0.29, 0.717) is 6.04 Å².